The van der Waals surface area contributed by atoms with Gasteiger partial charge in [0.25, 0.3) is 0 Å². The first-order chi connectivity index (χ1) is 7.43. The maximum atomic E-state index is 11.4. The van der Waals surface area contributed by atoms with E-state index in [1.807, 2.05) is 6.92 Å². The molecule has 96 valence electrons. The summed E-state index contributed by atoms with van der Waals surface area (Å²) in [5.74, 6) is 0.137. The number of carbonyl (C=O) groups is 1. The fraction of sp³-hybridized carbons (Fsp3) is 0.917. The molecule has 0 spiro atoms. The topological polar surface area (TPSA) is 58.4 Å². The third-order valence-electron chi connectivity index (χ3n) is 2.73. The highest BCUT2D eigenvalue weighted by Gasteiger charge is 2.05. The third kappa shape index (κ3) is 8.68. The molecule has 0 aromatic rings. The van der Waals surface area contributed by atoms with Crippen LogP contribution in [0.25, 0.3) is 0 Å². The fourth-order valence-corrected chi connectivity index (χ4v) is 1.30. The molecule has 0 aromatic carbocycles. The smallest absolute Gasteiger partial charge is 0.220 e. The van der Waals surface area contributed by atoms with Gasteiger partial charge in [-0.3, -0.25) is 4.79 Å². The number of hydrogen-bond donors (Lipinski definition) is 2. The Morgan fingerprint density at radius 2 is 2.00 bits per heavy atom. The second kappa shape index (κ2) is 8.53. The first kappa shape index (κ1) is 15.4. The second-order valence-electron chi connectivity index (χ2n) is 4.79. The van der Waals surface area contributed by atoms with Crippen LogP contribution in [0.3, 0.4) is 0 Å². The first-order valence-corrected chi connectivity index (χ1v) is 6.16. The molecule has 0 fully saturated rings. The number of nitrogens with two attached hydrogens (primary N) is 1. The van der Waals surface area contributed by atoms with E-state index >= 15 is 0 Å². The molecule has 16 heavy (non-hydrogen) atoms. The van der Waals surface area contributed by atoms with Crippen molar-refractivity contribution in [2.75, 3.05) is 20.1 Å². The van der Waals surface area contributed by atoms with Crippen molar-refractivity contribution in [3.8, 4) is 0 Å². The Balaban J connectivity index is 3.44. The molecule has 4 heteroatoms. The molecule has 0 rings (SSSR count). The van der Waals surface area contributed by atoms with Crippen molar-refractivity contribution in [3.63, 3.8) is 0 Å². The van der Waals surface area contributed by atoms with Crippen molar-refractivity contribution < 1.29 is 4.79 Å². The molecule has 0 aliphatic carbocycles. The van der Waals surface area contributed by atoms with Crippen molar-refractivity contribution in [1.82, 2.24) is 10.2 Å². The molecule has 3 N–H and O–H groups in total. The zero-order valence-electron chi connectivity index (χ0n) is 11.1. The van der Waals surface area contributed by atoms with Crippen LogP contribution in [0, 0.1) is 0 Å². The highest BCUT2D eigenvalue weighted by Crippen LogP contribution is 1.98. The summed E-state index contributed by atoms with van der Waals surface area (Å²) in [6.45, 7) is 7.88. The second-order valence-corrected chi connectivity index (χ2v) is 4.79. The van der Waals surface area contributed by atoms with E-state index in [1.54, 1.807) is 0 Å². The minimum atomic E-state index is 0.137. The zero-order valence-corrected chi connectivity index (χ0v) is 11.1. The van der Waals surface area contributed by atoms with Crippen molar-refractivity contribution >= 4 is 5.91 Å². The Morgan fingerprint density at radius 1 is 1.38 bits per heavy atom. The quantitative estimate of drug-likeness (QED) is 0.652. The molecular weight excluding hydrogens is 202 g/mol. The molecule has 0 bridgehead atoms. The molecule has 4 nitrogen and oxygen atoms in total. The normalized spacial score (nSPS) is 13.2. The number of amides is 1. The van der Waals surface area contributed by atoms with Crippen LogP contribution in [0.2, 0.25) is 0 Å². The lowest BCUT2D eigenvalue weighted by molar-refractivity contribution is -0.121. The lowest BCUT2D eigenvalue weighted by Crippen LogP contribution is -2.36. The third-order valence-corrected chi connectivity index (χ3v) is 2.73. The number of nitrogens with zero attached hydrogens (tertiary/aromatic N) is 1. The Morgan fingerprint density at radius 3 is 2.50 bits per heavy atom. The lowest BCUT2D eigenvalue weighted by atomic mass is 10.1. The average Bonchev–Trinajstić information content (AvgIpc) is 2.16. The summed E-state index contributed by atoms with van der Waals surface area (Å²) in [7, 11) is 2.06. The summed E-state index contributed by atoms with van der Waals surface area (Å²) < 4.78 is 0. The first-order valence-electron chi connectivity index (χ1n) is 6.16. The van der Waals surface area contributed by atoms with Gasteiger partial charge in [0.05, 0.1) is 0 Å². The molecule has 0 heterocycles. The van der Waals surface area contributed by atoms with Crippen LogP contribution in [0.5, 0.6) is 0 Å². The highest BCUT2D eigenvalue weighted by atomic mass is 16.1. The van der Waals surface area contributed by atoms with Crippen LogP contribution in [0.15, 0.2) is 0 Å². The van der Waals surface area contributed by atoms with Gasteiger partial charge in [0.15, 0.2) is 0 Å². The van der Waals surface area contributed by atoms with Crippen molar-refractivity contribution in [1.29, 1.82) is 0 Å². The van der Waals surface area contributed by atoms with Gasteiger partial charge in [0.2, 0.25) is 5.91 Å². The van der Waals surface area contributed by atoms with Crippen LogP contribution in [0.1, 0.15) is 40.0 Å². The van der Waals surface area contributed by atoms with Crippen LogP contribution >= 0.6 is 0 Å². The number of hydrogen-bond acceptors (Lipinski definition) is 3. The summed E-state index contributed by atoms with van der Waals surface area (Å²) in [5.41, 5.74) is 5.61. The standard InChI is InChI=1S/C12H27N3O/c1-10(2)15(4)9-8-14-12(16)7-5-6-11(3)13/h10-11H,5-9,13H2,1-4H3,(H,14,16). The summed E-state index contributed by atoms with van der Waals surface area (Å²) in [4.78, 5) is 13.6. The largest absolute Gasteiger partial charge is 0.355 e. The van der Waals surface area contributed by atoms with Crippen LogP contribution in [-0.2, 0) is 4.79 Å². The molecule has 0 aliphatic rings. The molecule has 1 unspecified atom stereocenters. The van der Waals surface area contributed by atoms with Gasteiger partial charge in [0.1, 0.15) is 0 Å². The van der Waals surface area contributed by atoms with E-state index in [0.717, 1.165) is 25.9 Å². The summed E-state index contributed by atoms with van der Waals surface area (Å²) in [6, 6.07) is 0.717. The van der Waals surface area contributed by atoms with Gasteiger partial charge < -0.3 is 16.0 Å². The van der Waals surface area contributed by atoms with Gasteiger partial charge in [-0.1, -0.05) is 0 Å². The molecule has 0 aromatic heterocycles. The summed E-state index contributed by atoms with van der Waals surface area (Å²) in [5, 5.41) is 2.92. The van der Waals surface area contributed by atoms with Crippen LogP contribution in [-0.4, -0.2) is 43.0 Å². The predicted molar refractivity (Wildman–Crippen MR) is 68.3 cm³/mol. The van der Waals surface area contributed by atoms with Gasteiger partial charge in [-0.05, 0) is 40.7 Å². The molecule has 0 radical (unpaired) electrons. The van der Waals surface area contributed by atoms with Crippen molar-refractivity contribution in [3.05, 3.63) is 0 Å². The fourth-order valence-electron chi connectivity index (χ4n) is 1.30. The predicted octanol–water partition coefficient (Wildman–Crippen LogP) is 0.960. The zero-order chi connectivity index (χ0) is 12.6. The summed E-state index contributed by atoms with van der Waals surface area (Å²) >= 11 is 0. The molecule has 1 atom stereocenters. The van der Waals surface area contributed by atoms with Gasteiger partial charge in [-0.25, -0.2) is 0 Å². The molecule has 0 saturated heterocycles. The van der Waals surface area contributed by atoms with Gasteiger partial charge in [-0.2, -0.15) is 0 Å². The molecule has 1 amide bonds. The number of likely N-dealkylation sites (N-methyl/N-ethyl adjacent to an activating group) is 1. The number of rotatable bonds is 8. The van der Waals surface area contributed by atoms with E-state index in [9.17, 15) is 4.79 Å². The van der Waals surface area contributed by atoms with E-state index in [0.29, 0.717) is 12.5 Å². The van der Waals surface area contributed by atoms with E-state index in [2.05, 4.69) is 31.1 Å². The maximum absolute atomic E-state index is 11.4. The van der Waals surface area contributed by atoms with E-state index in [-0.39, 0.29) is 11.9 Å². The van der Waals surface area contributed by atoms with E-state index in [1.165, 1.54) is 0 Å². The Hall–Kier alpha value is -0.610. The average molecular weight is 229 g/mol. The monoisotopic (exact) mass is 229 g/mol. The van der Waals surface area contributed by atoms with Crippen LogP contribution in [0.4, 0.5) is 0 Å². The highest BCUT2D eigenvalue weighted by molar-refractivity contribution is 5.75. The minimum Gasteiger partial charge on any atom is -0.355 e. The van der Waals surface area contributed by atoms with Gasteiger partial charge in [-0.15, -0.1) is 0 Å². The molecular formula is C12H27N3O. The maximum Gasteiger partial charge on any atom is 0.220 e. The minimum absolute atomic E-state index is 0.137. The summed E-state index contributed by atoms with van der Waals surface area (Å²) in [6.07, 6.45) is 2.38. The Bertz CT molecular complexity index is 193. The number of carbonyl (C=O) groups excluding carboxylic acids is 1. The number of nitrogens with one attached hydrogen (secondary N) is 1. The van der Waals surface area contributed by atoms with E-state index < -0.39 is 0 Å². The van der Waals surface area contributed by atoms with Crippen molar-refractivity contribution in [2.45, 2.75) is 52.1 Å². The Labute approximate surface area is 99.6 Å². The van der Waals surface area contributed by atoms with Crippen LogP contribution < -0.4 is 11.1 Å². The lowest BCUT2D eigenvalue weighted by Gasteiger charge is -2.20. The van der Waals surface area contributed by atoms with Gasteiger partial charge >= 0.3 is 0 Å². The Kier molecular flexibility index (Phi) is 8.21. The van der Waals surface area contributed by atoms with Crippen molar-refractivity contribution in [2.24, 2.45) is 5.73 Å². The van der Waals surface area contributed by atoms with E-state index in [4.69, 9.17) is 5.73 Å². The van der Waals surface area contributed by atoms with Gasteiger partial charge in [0, 0.05) is 31.6 Å². The SMILES string of the molecule is CC(N)CCCC(=O)NCCN(C)C(C)C. The molecule has 0 aliphatic heterocycles. The molecule has 0 saturated carbocycles.